The van der Waals surface area contributed by atoms with Gasteiger partial charge in [-0.15, -0.1) is 0 Å². The molecule has 0 heterocycles. The zero-order valence-electron chi connectivity index (χ0n) is 12.7. The van der Waals surface area contributed by atoms with Crippen LogP contribution < -0.4 is 10.1 Å². The van der Waals surface area contributed by atoms with Crippen LogP contribution >= 0.6 is 15.9 Å². The van der Waals surface area contributed by atoms with Crippen molar-refractivity contribution in [1.82, 2.24) is 5.32 Å². The molecule has 0 radical (unpaired) electrons. The van der Waals surface area contributed by atoms with E-state index >= 15 is 0 Å². The third-order valence-electron chi connectivity index (χ3n) is 2.99. The highest BCUT2D eigenvalue weighted by molar-refractivity contribution is 9.10. The lowest BCUT2D eigenvalue weighted by Gasteiger charge is -2.06. The van der Waals surface area contributed by atoms with Gasteiger partial charge in [0.1, 0.15) is 5.75 Å². The van der Waals surface area contributed by atoms with Crippen LogP contribution in [0.2, 0.25) is 0 Å². The van der Waals surface area contributed by atoms with Crippen molar-refractivity contribution < 1.29 is 9.53 Å². The van der Waals surface area contributed by atoms with E-state index in [4.69, 9.17) is 4.74 Å². The number of carbonyl (C=O) groups excluding carboxylic acids is 1. The van der Waals surface area contributed by atoms with Crippen LogP contribution in [0, 0.1) is 11.8 Å². The van der Waals surface area contributed by atoms with Gasteiger partial charge in [0.15, 0.2) is 0 Å². The fraction of sp³-hybridized carbons (Fsp3) is 0.211. The SMILES string of the molecule is O=C(CCCOc1cccc(Br)c1)NCC#Cc1ccccc1. The van der Waals surface area contributed by atoms with Crippen LogP contribution in [0.15, 0.2) is 59.1 Å². The number of hydrogen-bond donors (Lipinski definition) is 1. The first-order chi connectivity index (χ1) is 11.2. The van der Waals surface area contributed by atoms with Gasteiger partial charge >= 0.3 is 0 Å². The summed E-state index contributed by atoms with van der Waals surface area (Å²) < 4.78 is 6.56. The molecule has 0 fully saturated rings. The van der Waals surface area contributed by atoms with Crippen LogP contribution in [-0.2, 0) is 4.79 Å². The van der Waals surface area contributed by atoms with Gasteiger partial charge in [0.2, 0.25) is 5.91 Å². The van der Waals surface area contributed by atoms with Crippen LogP contribution in [0.3, 0.4) is 0 Å². The average molecular weight is 372 g/mol. The van der Waals surface area contributed by atoms with Gasteiger partial charge in [-0.25, -0.2) is 0 Å². The van der Waals surface area contributed by atoms with E-state index in [1.807, 2.05) is 54.6 Å². The normalized spacial score (nSPS) is 9.61. The van der Waals surface area contributed by atoms with Crippen molar-refractivity contribution in [3.05, 3.63) is 64.6 Å². The summed E-state index contributed by atoms with van der Waals surface area (Å²) in [6, 6.07) is 17.4. The van der Waals surface area contributed by atoms with Crippen LogP contribution in [0.1, 0.15) is 18.4 Å². The minimum absolute atomic E-state index is 0.00907. The second kappa shape index (κ2) is 9.70. The minimum atomic E-state index is -0.00907. The molecule has 0 aromatic heterocycles. The first-order valence-electron chi connectivity index (χ1n) is 7.43. The Bertz CT molecular complexity index is 689. The summed E-state index contributed by atoms with van der Waals surface area (Å²) in [6.07, 6.45) is 1.10. The fourth-order valence-electron chi connectivity index (χ4n) is 1.88. The van der Waals surface area contributed by atoms with Crippen molar-refractivity contribution in [3.63, 3.8) is 0 Å². The van der Waals surface area contributed by atoms with E-state index in [2.05, 4.69) is 33.1 Å². The molecule has 2 aromatic rings. The van der Waals surface area contributed by atoms with Crippen molar-refractivity contribution in [2.24, 2.45) is 0 Å². The molecular weight excluding hydrogens is 354 g/mol. The van der Waals surface area contributed by atoms with Crippen molar-refractivity contribution in [2.75, 3.05) is 13.2 Å². The molecule has 0 atom stereocenters. The average Bonchev–Trinajstić information content (AvgIpc) is 2.57. The van der Waals surface area contributed by atoms with Gasteiger partial charge in [0, 0.05) is 16.5 Å². The summed E-state index contributed by atoms with van der Waals surface area (Å²) in [5.74, 6) is 6.73. The van der Waals surface area contributed by atoms with Gasteiger partial charge in [-0.05, 0) is 36.8 Å². The molecule has 0 saturated carbocycles. The second-order valence-corrected chi connectivity index (χ2v) is 5.77. The molecule has 0 aliphatic heterocycles. The smallest absolute Gasteiger partial charge is 0.220 e. The number of rotatable bonds is 6. The summed E-state index contributed by atoms with van der Waals surface area (Å²) in [5, 5.41) is 2.79. The predicted molar refractivity (Wildman–Crippen MR) is 95.2 cm³/mol. The highest BCUT2D eigenvalue weighted by Gasteiger charge is 2.00. The van der Waals surface area contributed by atoms with Gasteiger partial charge in [0.05, 0.1) is 13.2 Å². The number of amides is 1. The summed E-state index contributed by atoms with van der Waals surface area (Å²) in [6.45, 7) is 0.875. The van der Waals surface area contributed by atoms with Crippen LogP contribution in [0.4, 0.5) is 0 Å². The van der Waals surface area contributed by atoms with E-state index in [0.717, 1.165) is 15.8 Å². The number of ether oxygens (including phenoxy) is 1. The minimum Gasteiger partial charge on any atom is -0.494 e. The monoisotopic (exact) mass is 371 g/mol. The van der Waals surface area contributed by atoms with Gasteiger partial charge in [-0.2, -0.15) is 0 Å². The standard InChI is InChI=1S/C19H18BrNO2/c20-17-10-4-11-18(15-17)23-14-6-12-19(22)21-13-5-9-16-7-2-1-3-8-16/h1-4,7-8,10-11,15H,6,12-14H2,(H,21,22). The zero-order chi connectivity index (χ0) is 16.3. The molecule has 2 aromatic carbocycles. The zero-order valence-corrected chi connectivity index (χ0v) is 14.3. The lowest BCUT2D eigenvalue weighted by Crippen LogP contribution is -2.23. The molecule has 0 spiro atoms. The van der Waals surface area contributed by atoms with Crippen molar-refractivity contribution in [2.45, 2.75) is 12.8 Å². The summed E-state index contributed by atoms with van der Waals surface area (Å²) >= 11 is 3.39. The van der Waals surface area contributed by atoms with Crippen molar-refractivity contribution in [3.8, 4) is 17.6 Å². The van der Waals surface area contributed by atoms with E-state index < -0.39 is 0 Å². The lowest BCUT2D eigenvalue weighted by atomic mass is 10.2. The molecule has 2 rings (SSSR count). The van der Waals surface area contributed by atoms with Gasteiger partial charge in [-0.1, -0.05) is 52.0 Å². The maximum Gasteiger partial charge on any atom is 0.220 e. The molecule has 1 N–H and O–H groups in total. The molecule has 3 nitrogen and oxygen atoms in total. The maximum atomic E-state index is 11.7. The quantitative estimate of drug-likeness (QED) is 0.619. The van der Waals surface area contributed by atoms with E-state index in [-0.39, 0.29) is 5.91 Å². The topological polar surface area (TPSA) is 38.3 Å². The van der Waals surface area contributed by atoms with Crippen molar-refractivity contribution >= 4 is 21.8 Å². The number of benzene rings is 2. The Morgan fingerprint density at radius 1 is 1.13 bits per heavy atom. The largest absolute Gasteiger partial charge is 0.494 e. The highest BCUT2D eigenvalue weighted by Crippen LogP contribution is 2.17. The van der Waals surface area contributed by atoms with E-state index in [1.54, 1.807) is 0 Å². The Kier molecular flexibility index (Phi) is 7.22. The van der Waals surface area contributed by atoms with E-state index in [1.165, 1.54) is 0 Å². The number of halogens is 1. The summed E-state index contributed by atoms with van der Waals surface area (Å²) in [5.41, 5.74) is 0.948. The first kappa shape index (κ1) is 17.1. The molecule has 4 heteroatoms. The Balaban J connectivity index is 1.59. The molecule has 0 aliphatic rings. The molecule has 0 saturated heterocycles. The van der Waals surface area contributed by atoms with E-state index in [9.17, 15) is 4.79 Å². The Morgan fingerprint density at radius 3 is 2.74 bits per heavy atom. The Hall–Kier alpha value is -2.25. The predicted octanol–water partition coefficient (Wildman–Crippen LogP) is 3.78. The number of nitrogens with one attached hydrogen (secondary N) is 1. The highest BCUT2D eigenvalue weighted by atomic mass is 79.9. The van der Waals surface area contributed by atoms with Crippen LogP contribution in [0.5, 0.6) is 5.75 Å². The van der Waals surface area contributed by atoms with Gasteiger partial charge in [-0.3, -0.25) is 4.79 Å². The van der Waals surface area contributed by atoms with Crippen LogP contribution in [0.25, 0.3) is 0 Å². The first-order valence-corrected chi connectivity index (χ1v) is 8.22. The van der Waals surface area contributed by atoms with Crippen molar-refractivity contribution in [1.29, 1.82) is 0 Å². The van der Waals surface area contributed by atoms with Crippen LogP contribution in [-0.4, -0.2) is 19.1 Å². The summed E-state index contributed by atoms with van der Waals surface area (Å²) in [4.78, 5) is 11.7. The van der Waals surface area contributed by atoms with E-state index in [0.29, 0.717) is 26.0 Å². The molecule has 118 valence electrons. The maximum absolute atomic E-state index is 11.7. The second-order valence-electron chi connectivity index (χ2n) is 4.85. The third kappa shape index (κ3) is 7.03. The Morgan fingerprint density at radius 2 is 1.96 bits per heavy atom. The molecule has 1 amide bonds. The molecular formula is C19H18BrNO2. The molecule has 0 bridgehead atoms. The molecule has 0 aliphatic carbocycles. The third-order valence-corrected chi connectivity index (χ3v) is 3.49. The summed E-state index contributed by atoms with van der Waals surface area (Å²) in [7, 11) is 0. The van der Waals surface area contributed by atoms with Gasteiger partial charge < -0.3 is 10.1 Å². The Labute approximate surface area is 145 Å². The number of hydrogen-bond acceptors (Lipinski definition) is 2. The lowest BCUT2D eigenvalue weighted by molar-refractivity contribution is -0.121. The molecule has 23 heavy (non-hydrogen) atoms. The van der Waals surface area contributed by atoms with Gasteiger partial charge in [0.25, 0.3) is 0 Å². The molecule has 0 unspecified atom stereocenters. The fourth-order valence-corrected chi connectivity index (χ4v) is 2.26. The number of carbonyl (C=O) groups is 1.